The summed E-state index contributed by atoms with van der Waals surface area (Å²) in [6, 6.07) is -0.102. The summed E-state index contributed by atoms with van der Waals surface area (Å²) in [5.74, 6) is 0.313. The molecule has 13 heavy (non-hydrogen) atoms. The Bertz CT molecular complexity index is 170. The van der Waals surface area contributed by atoms with Crippen LogP contribution < -0.4 is 5.32 Å². The Hall–Kier alpha value is -0.730. The van der Waals surface area contributed by atoms with E-state index in [1.807, 2.05) is 34.6 Å². The van der Waals surface area contributed by atoms with Crippen molar-refractivity contribution in [1.29, 1.82) is 0 Å². The molecule has 77 valence electrons. The highest BCUT2D eigenvalue weighted by Crippen LogP contribution is 2.07. The van der Waals surface area contributed by atoms with Crippen LogP contribution in [-0.2, 0) is 4.74 Å². The van der Waals surface area contributed by atoms with E-state index in [4.69, 9.17) is 4.74 Å². The maximum absolute atomic E-state index is 11.2. The van der Waals surface area contributed by atoms with Gasteiger partial charge in [0, 0.05) is 6.04 Å². The van der Waals surface area contributed by atoms with Gasteiger partial charge in [0.1, 0.15) is 5.60 Å². The number of amides is 1. The molecule has 0 aliphatic heterocycles. The van der Waals surface area contributed by atoms with Gasteiger partial charge in [0.05, 0.1) is 0 Å². The first-order valence-corrected chi connectivity index (χ1v) is 4.55. The zero-order valence-electron chi connectivity index (χ0n) is 9.18. The van der Waals surface area contributed by atoms with Gasteiger partial charge in [0.2, 0.25) is 0 Å². The fraction of sp³-hybridized carbons (Fsp3) is 0.800. The lowest BCUT2D eigenvalue weighted by molar-refractivity contribution is 0.0503. The van der Waals surface area contributed by atoms with Crippen molar-refractivity contribution in [2.75, 3.05) is 0 Å². The van der Waals surface area contributed by atoms with Crippen molar-refractivity contribution in [2.24, 2.45) is 5.92 Å². The van der Waals surface area contributed by atoms with Crippen LogP contribution in [0.1, 0.15) is 34.6 Å². The van der Waals surface area contributed by atoms with Gasteiger partial charge in [-0.3, -0.25) is 0 Å². The second kappa shape index (κ2) is 4.49. The Morgan fingerprint density at radius 3 is 2.15 bits per heavy atom. The van der Waals surface area contributed by atoms with Gasteiger partial charge in [-0.15, -0.1) is 0 Å². The minimum atomic E-state index is -0.444. The molecule has 1 atom stereocenters. The highest BCUT2D eigenvalue weighted by atomic mass is 16.6. The first-order valence-electron chi connectivity index (χ1n) is 4.55. The zero-order chi connectivity index (χ0) is 10.6. The first kappa shape index (κ1) is 12.3. The van der Waals surface area contributed by atoms with Crippen LogP contribution in [0.3, 0.4) is 0 Å². The quantitative estimate of drug-likeness (QED) is 0.719. The Morgan fingerprint density at radius 2 is 1.85 bits per heavy atom. The molecule has 0 aliphatic carbocycles. The van der Waals surface area contributed by atoms with Crippen LogP contribution in [0.25, 0.3) is 0 Å². The molecule has 3 nitrogen and oxygen atoms in total. The van der Waals surface area contributed by atoms with Crippen LogP contribution in [0, 0.1) is 12.8 Å². The zero-order valence-corrected chi connectivity index (χ0v) is 9.18. The van der Waals surface area contributed by atoms with Gasteiger partial charge in [-0.25, -0.2) is 4.79 Å². The van der Waals surface area contributed by atoms with Crippen molar-refractivity contribution < 1.29 is 9.53 Å². The fourth-order valence-corrected chi connectivity index (χ4v) is 0.626. The third-order valence-electron chi connectivity index (χ3n) is 1.51. The SMILES string of the molecule is [CH2][C@H](NC(=O)OC(C)(C)C)C(C)C. The average molecular weight is 186 g/mol. The van der Waals surface area contributed by atoms with Crippen molar-refractivity contribution in [3.05, 3.63) is 6.92 Å². The second-order valence-electron chi connectivity index (χ2n) is 4.50. The number of carbonyl (C=O) groups is 1. The summed E-state index contributed by atoms with van der Waals surface area (Å²) in [5, 5.41) is 2.66. The van der Waals surface area contributed by atoms with Crippen molar-refractivity contribution in [2.45, 2.75) is 46.3 Å². The topological polar surface area (TPSA) is 38.3 Å². The minimum Gasteiger partial charge on any atom is -0.444 e. The molecule has 0 spiro atoms. The summed E-state index contributed by atoms with van der Waals surface area (Å²) in [6.45, 7) is 13.3. The molecule has 0 aromatic heterocycles. The maximum atomic E-state index is 11.2. The molecule has 0 aromatic carbocycles. The highest BCUT2D eigenvalue weighted by Gasteiger charge is 2.18. The van der Waals surface area contributed by atoms with Gasteiger partial charge in [0.15, 0.2) is 0 Å². The van der Waals surface area contributed by atoms with Gasteiger partial charge < -0.3 is 10.1 Å². The standard InChI is InChI=1S/C10H20NO2/c1-7(2)8(3)11-9(12)13-10(4,5)6/h7-8H,3H2,1-2,4-6H3,(H,11,12)/t8-/m0/s1. The van der Waals surface area contributed by atoms with Gasteiger partial charge >= 0.3 is 6.09 Å². The predicted octanol–water partition coefficient (Wildman–Crippen LogP) is 2.37. The molecular formula is C10H20NO2. The van der Waals surface area contributed by atoms with Crippen LogP contribution in [0.5, 0.6) is 0 Å². The molecule has 0 unspecified atom stereocenters. The number of hydrogen-bond acceptors (Lipinski definition) is 2. The van der Waals surface area contributed by atoms with Gasteiger partial charge in [-0.2, -0.15) is 0 Å². The first-order chi connectivity index (χ1) is 5.72. The molecule has 1 radical (unpaired) electrons. The van der Waals surface area contributed by atoms with Crippen LogP contribution in [-0.4, -0.2) is 17.7 Å². The lowest BCUT2D eigenvalue weighted by Crippen LogP contribution is -2.40. The van der Waals surface area contributed by atoms with E-state index >= 15 is 0 Å². The fourth-order valence-electron chi connectivity index (χ4n) is 0.626. The van der Waals surface area contributed by atoms with Crippen molar-refractivity contribution in [3.8, 4) is 0 Å². The van der Waals surface area contributed by atoms with Crippen molar-refractivity contribution in [3.63, 3.8) is 0 Å². The minimum absolute atomic E-state index is 0.102. The lowest BCUT2D eigenvalue weighted by Gasteiger charge is -2.23. The molecule has 3 heteroatoms. The van der Waals surface area contributed by atoms with E-state index in [1.165, 1.54) is 0 Å². The number of hydrogen-bond donors (Lipinski definition) is 1. The van der Waals surface area contributed by atoms with E-state index < -0.39 is 11.7 Å². The smallest absolute Gasteiger partial charge is 0.407 e. The maximum Gasteiger partial charge on any atom is 0.407 e. The third-order valence-corrected chi connectivity index (χ3v) is 1.51. The molecule has 0 aliphatic rings. The predicted molar refractivity (Wildman–Crippen MR) is 53.4 cm³/mol. The average Bonchev–Trinajstić information content (AvgIpc) is 1.81. The van der Waals surface area contributed by atoms with E-state index in [-0.39, 0.29) is 6.04 Å². The molecule has 0 rings (SSSR count). The van der Waals surface area contributed by atoms with Crippen LogP contribution >= 0.6 is 0 Å². The Kier molecular flexibility index (Phi) is 4.24. The third kappa shape index (κ3) is 6.43. The summed E-state index contributed by atoms with van der Waals surface area (Å²) >= 11 is 0. The van der Waals surface area contributed by atoms with E-state index in [0.29, 0.717) is 5.92 Å². The van der Waals surface area contributed by atoms with Gasteiger partial charge in [0.25, 0.3) is 0 Å². The molecule has 1 amide bonds. The number of ether oxygens (including phenoxy) is 1. The molecular weight excluding hydrogens is 166 g/mol. The normalized spacial score (nSPS) is 14.1. The van der Waals surface area contributed by atoms with Crippen LogP contribution in [0.4, 0.5) is 4.79 Å². The molecule has 0 fully saturated rings. The number of nitrogens with one attached hydrogen (secondary N) is 1. The Balaban J connectivity index is 3.89. The molecule has 0 aromatic rings. The summed E-state index contributed by atoms with van der Waals surface area (Å²) in [5.41, 5.74) is -0.444. The highest BCUT2D eigenvalue weighted by molar-refractivity contribution is 5.68. The summed E-state index contributed by atoms with van der Waals surface area (Å²) in [7, 11) is 0. The van der Waals surface area contributed by atoms with E-state index in [0.717, 1.165) is 0 Å². The molecule has 0 saturated heterocycles. The lowest BCUT2D eigenvalue weighted by atomic mass is 10.1. The van der Waals surface area contributed by atoms with E-state index in [2.05, 4.69) is 12.2 Å². The molecule has 0 bridgehead atoms. The number of rotatable bonds is 2. The summed E-state index contributed by atoms with van der Waals surface area (Å²) in [6.07, 6.45) is -0.402. The van der Waals surface area contributed by atoms with Gasteiger partial charge in [-0.1, -0.05) is 13.8 Å². The van der Waals surface area contributed by atoms with Crippen molar-refractivity contribution >= 4 is 6.09 Å². The Labute approximate surface area is 80.8 Å². The molecule has 1 N–H and O–H groups in total. The van der Waals surface area contributed by atoms with Crippen LogP contribution in [0.2, 0.25) is 0 Å². The number of alkyl carbamates (subject to hydrolysis) is 1. The van der Waals surface area contributed by atoms with E-state index in [9.17, 15) is 4.79 Å². The van der Waals surface area contributed by atoms with E-state index in [1.54, 1.807) is 0 Å². The second-order valence-corrected chi connectivity index (χ2v) is 4.50. The van der Waals surface area contributed by atoms with Crippen molar-refractivity contribution in [1.82, 2.24) is 5.32 Å². The monoisotopic (exact) mass is 186 g/mol. The Morgan fingerprint density at radius 1 is 1.38 bits per heavy atom. The summed E-state index contributed by atoms with van der Waals surface area (Å²) < 4.78 is 5.07. The van der Waals surface area contributed by atoms with Crippen LogP contribution in [0.15, 0.2) is 0 Å². The largest absolute Gasteiger partial charge is 0.444 e. The van der Waals surface area contributed by atoms with Gasteiger partial charge in [-0.05, 0) is 33.6 Å². The molecule has 0 heterocycles. The molecule has 0 saturated carbocycles. The number of carbonyl (C=O) groups excluding carboxylic acids is 1. The summed E-state index contributed by atoms with van der Waals surface area (Å²) in [4.78, 5) is 11.2.